The lowest BCUT2D eigenvalue weighted by molar-refractivity contribution is -0.142. The number of aromatic nitrogens is 1. The predicted molar refractivity (Wildman–Crippen MR) is 71.5 cm³/mol. The van der Waals surface area contributed by atoms with Crippen molar-refractivity contribution in [2.45, 2.75) is 38.4 Å². The Morgan fingerprint density at radius 2 is 2.27 bits per heavy atom. The summed E-state index contributed by atoms with van der Waals surface area (Å²) in [5.74, 6) is -0.208. The summed E-state index contributed by atoms with van der Waals surface area (Å²) in [5, 5.41) is 5.55. The van der Waals surface area contributed by atoms with E-state index in [-0.39, 0.29) is 11.9 Å². The van der Waals surface area contributed by atoms with Gasteiger partial charge in [-0.3, -0.25) is 4.90 Å². The number of nitrogens with zero attached hydrogens (tertiary/aromatic N) is 2. The fourth-order valence-electron chi connectivity index (χ4n) is 2.14. The monoisotopic (exact) mass is 321 g/mol. The molecule has 1 aromatic rings. The maximum absolute atomic E-state index is 12.5. The van der Waals surface area contributed by atoms with E-state index in [0.717, 1.165) is 23.8 Å². The van der Waals surface area contributed by atoms with Gasteiger partial charge >= 0.3 is 12.2 Å². The smallest absolute Gasteiger partial charge is 0.381 e. The first kappa shape index (κ1) is 16.6. The van der Waals surface area contributed by atoms with Gasteiger partial charge in [-0.25, -0.2) is 4.79 Å². The molecule has 0 radical (unpaired) electrons. The molecule has 2 amide bonds. The van der Waals surface area contributed by atoms with Crippen LogP contribution in [0.25, 0.3) is 0 Å². The van der Waals surface area contributed by atoms with Crippen molar-refractivity contribution in [2.24, 2.45) is 0 Å². The summed E-state index contributed by atoms with van der Waals surface area (Å²) in [6.45, 7) is 3.44. The molecule has 1 saturated heterocycles. The molecule has 2 heterocycles. The summed E-state index contributed by atoms with van der Waals surface area (Å²) in [7, 11) is 0. The van der Waals surface area contributed by atoms with Crippen molar-refractivity contribution in [3.8, 4) is 0 Å². The van der Waals surface area contributed by atoms with E-state index in [9.17, 15) is 18.0 Å². The first-order valence-corrected chi connectivity index (χ1v) is 7.12. The number of nitrogens with one attached hydrogen (secondary N) is 1. The van der Waals surface area contributed by atoms with E-state index < -0.39 is 17.9 Å². The van der Waals surface area contributed by atoms with Gasteiger partial charge in [0.05, 0.1) is 6.04 Å². The minimum atomic E-state index is -4.60. The summed E-state index contributed by atoms with van der Waals surface area (Å²) in [5.41, 5.74) is -1.15. The van der Waals surface area contributed by atoms with Gasteiger partial charge in [0.15, 0.2) is 5.69 Å². The molecular formula is C13H18F3N3O3. The average Bonchev–Trinajstić information content (AvgIpc) is 3.05. The number of ether oxygens (including phenoxy) is 1. The van der Waals surface area contributed by atoms with Crippen molar-refractivity contribution in [3.63, 3.8) is 0 Å². The molecule has 0 aliphatic carbocycles. The number of carbonyl (C=O) groups excluding carboxylic acids is 1. The lowest BCUT2D eigenvalue weighted by Crippen LogP contribution is -2.34. The summed E-state index contributed by atoms with van der Waals surface area (Å²) in [6, 6.07) is -0.0814. The summed E-state index contributed by atoms with van der Waals surface area (Å²) in [6.07, 6.45) is -2.13. The van der Waals surface area contributed by atoms with Crippen molar-refractivity contribution in [1.29, 1.82) is 0 Å². The predicted octanol–water partition coefficient (Wildman–Crippen LogP) is 2.80. The third-order valence-corrected chi connectivity index (χ3v) is 3.34. The second-order valence-corrected chi connectivity index (χ2v) is 5.01. The van der Waals surface area contributed by atoms with Crippen LogP contribution >= 0.6 is 0 Å². The summed E-state index contributed by atoms with van der Waals surface area (Å²) >= 11 is 0. The normalized spacial score (nSPS) is 18.8. The molecule has 6 nitrogen and oxygen atoms in total. The number of carbonyl (C=O) groups is 1. The van der Waals surface area contributed by atoms with Gasteiger partial charge in [0.2, 0.25) is 5.88 Å². The first-order valence-electron chi connectivity index (χ1n) is 7.12. The van der Waals surface area contributed by atoms with Gasteiger partial charge in [-0.15, -0.1) is 0 Å². The zero-order valence-electron chi connectivity index (χ0n) is 12.2. The van der Waals surface area contributed by atoms with Crippen molar-refractivity contribution in [2.75, 3.05) is 24.7 Å². The highest BCUT2D eigenvalue weighted by molar-refractivity contribution is 5.93. The molecule has 1 aliphatic heterocycles. The van der Waals surface area contributed by atoms with Gasteiger partial charge < -0.3 is 14.6 Å². The number of alkyl halides is 3. The van der Waals surface area contributed by atoms with Crippen LogP contribution in [0.15, 0.2) is 10.6 Å². The summed E-state index contributed by atoms with van der Waals surface area (Å²) < 4.78 is 47.7. The van der Waals surface area contributed by atoms with Crippen LogP contribution in [0.1, 0.15) is 31.9 Å². The molecule has 0 bridgehead atoms. The standard InChI is InChI=1S/C13H18F3N3O3/c1-2-3-5-21-6-4-9-8-17-12(20)19(9)11-7-10(18-22-11)13(14,15)16/h7,9H,2-6,8H2,1H3,(H,17,20). The number of rotatable bonds is 7. The van der Waals surface area contributed by atoms with Crippen molar-refractivity contribution < 1.29 is 27.2 Å². The lowest BCUT2D eigenvalue weighted by Gasteiger charge is -2.19. The van der Waals surface area contributed by atoms with E-state index in [1.807, 2.05) is 6.92 Å². The minimum absolute atomic E-state index is 0.208. The van der Waals surface area contributed by atoms with Crippen LogP contribution in [-0.4, -0.2) is 37.0 Å². The Kier molecular flexibility index (Phi) is 5.28. The molecule has 1 unspecified atom stereocenters. The number of amides is 2. The minimum Gasteiger partial charge on any atom is -0.381 e. The number of urea groups is 1. The highest BCUT2D eigenvalue weighted by Crippen LogP contribution is 2.32. The van der Waals surface area contributed by atoms with E-state index in [4.69, 9.17) is 4.74 Å². The van der Waals surface area contributed by atoms with Crippen LogP contribution in [0.4, 0.5) is 23.8 Å². The van der Waals surface area contributed by atoms with E-state index >= 15 is 0 Å². The molecule has 1 aliphatic rings. The largest absolute Gasteiger partial charge is 0.436 e. The molecule has 1 N–H and O–H groups in total. The lowest BCUT2D eigenvalue weighted by atomic mass is 10.2. The van der Waals surface area contributed by atoms with Gasteiger partial charge in [-0.1, -0.05) is 18.5 Å². The molecule has 9 heteroatoms. The fraction of sp³-hybridized carbons (Fsp3) is 0.692. The molecule has 2 rings (SSSR count). The van der Waals surface area contributed by atoms with Gasteiger partial charge in [0, 0.05) is 25.8 Å². The summed E-state index contributed by atoms with van der Waals surface area (Å²) in [4.78, 5) is 12.9. The van der Waals surface area contributed by atoms with Gasteiger partial charge in [0.1, 0.15) is 0 Å². The zero-order chi connectivity index (χ0) is 16.2. The molecule has 1 fully saturated rings. The van der Waals surface area contributed by atoms with Crippen molar-refractivity contribution in [1.82, 2.24) is 10.5 Å². The van der Waals surface area contributed by atoms with Gasteiger partial charge in [-0.05, 0) is 12.8 Å². The zero-order valence-corrected chi connectivity index (χ0v) is 12.2. The molecule has 0 saturated carbocycles. The third-order valence-electron chi connectivity index (χ3n) is 3.34. The van der Waals surface area contributed by atoms with Gasteiger partial charge in [0.25, 0.3) is 0 Å². The Labute approximate surface area is 125 Å². The molecule has 1 atom stereocenters. The molecule has 124 valence electrons. The second kappa shape index (κ2) is 6.99. The van der Waals surface area contributed by atoms with Crippen LogP contribution in [0, 0.1) is 0 Å². The van der Waals surface area contributed by atoms with E-state index in [0.29, 0.717) is 26.2 Å². The SMILES string of the molecule is CCCCOCCC1CNC(=O)N1c1cc(C(F)(F)F)no1. The highest BCUT2D eigenvalue weighted by atomic mass is 19.4. The van der Waals surface area contributed by atoms with E-state index in [1.165, 1.54) is 0 Å². The molecule has 1 aromatic heterocycles. The van der Waals surface area contributed by atoms with Gasteiger partial charge in [-0.2, -0.15) is 13.2 Å². The molecule has 0 spiro atoms. The van der Waals surface area contributed by atoms with E-state index in [1.54, 1.807) is 0 Å². The molecule has 22 heavy (non-hydrogen) atoms. The maximum atomic E-state index is 12.5. The average molecular weight is 321 g/mol. The number of hydrogen-bond acceptors (Lipinski definition) is 4. The second-order valence-electron chi connectivity index (χ2n) is 5.01. The van der Waals surface area contributed by atoms with Crippen LogP contribution in [0.5, 0.6) is 0 Å². The molecule has 0 aromatic carbocycles. The number of unbranched alkanes of at least 4 members (excludes halogenated alkanes) is 1. The molecular weight excluding hydrogens is 303 g/mol. The van der Waals surface area contributed by atoms with Crippen LogP contribution < -0.4 is 10.2 Å². The number of hydrogen-bond donors (Lipinski definition) is 1. The first-order chi connectivity index (χ1) is 10.4. The maximum Gasteiger partial charge on any atom is 0.436 e. The Bertz CT molecular complexity index is 504. The van der Waals surface area contributed by atoms with Crippen molar-refractivity contribution >= 4 is 11.9 Å². The van der Waals surface area contributed by atoms with Crippen LogP contribution in [0.3, 0.4) is 0 Å². The Hall–Kier alpha value is -1.77. The quantitative estimate of drug-likeness (QED) is 0.784. The fourth-order valence-corrected chi connectivity index (χ4v) is 2.14. The van der Waals surface area contributed by atoms with Crippen LogP contribution in [0.2, 0.25) is 0 Å². The Balaban J connectivity index is 1.97. The highest BCUT2D eigenvalue weighted by Gasteiger charge is 2.39. The topological polar surface area (TPSA) is 67.6 Å². The Morgan fingerprint density at radius 1 is 1.50 bits per heavy atom. The van der Waals surface area contributed by atoms with E-state index in [2.05, 4.69) is 15.0 Å². The number of anilines is 1. The van der Waals surface area contributed by atoms with Crippen LogP contribution in [-0.2, 0) is 10.9 Å². The third kappa shape index (κ3) is 3.90. The van der Waals surface area contributed by atoms with Crippen molar-refractivity contribution in [3.05, 3.63) is 11.8 Å². The number of halogens is 3. The Morgan fingerprint density at radius 3 is 2.91 bits per heavy atom.